The van der Waals surface area contributed by atoms with Crippen LogP contribution >= 0.6 is 0 Å². The number of benzene rings is 2. The predicted octanol–water partition coefficient (Wildman–Crippen LogP) is 1.01. The number of hydrazine groups is 1. The number of amides is 2. The Morgan fingerprint density at radius 2 is 1.90 bits per heavy atom. The molecule has 1 unspecified atom stereocenters. The second kappa shape index (κ2) is 10.5. The summed E-state index contributed by atoms with van der Waals surface area (Å²) in [6, 6.07) is 10.6. The normalized spacial score (nSPS) is 11.7. The van der Waals surface area contributed by atoms with E-state index in [-0.39, 0.29) is 18.5 Å². The highest BCUT2D eigenvalue weighted by Gasteiger charge is 2.18. The number of carbonyl (C=O) groups is 3. The van der Waals surface area contributed by atoms with Crippen molar-refractivity contribution in [3.8, 4) is 0 Å². The molecule has 0 aromatic heterocycles. The van der Waals surface area contributed by atoms with Gasteiger partial charge < -0.3 is 21.2 Å². The minimum atomic E-state index is -1.13. The predicted molar refractivity (Wildman–Crippen MR) is 104 cm³/mol. The van der Waals surface area contributed by atoms with Crippen molar-refractivity contribution >= 4 is 29.8 Å². The molecule has 0 heterocycles. The lowest BCUT2D eigenvalue weighted by Crippen LogP contribution is -2.39. The number of aliphatic imine (C=N–C) groups is 1. The van der Waals surface area contributed by atoms with Gasteiger partial charge in [0.25, 0.3) is 5.91 Å². The van der Waals surface area contributed by atoms with Crippen LogP contribution in [0.3, 0.4) is 0 Å². The summed E-state index contributed by atoms with van der Waals surface area (Å²) in [6.45, 7) is -0.367. The molecule has 2 aromatic carbocycles. The van der Waals surface area contributed by atoms with Gasteiger partial charge in [0, 0.05) is 5.56 Å². The fourth-order valence-electron chi connectivity index (χ4n) is 2.47. The molecule has 0 saturated heterocycles. The molecule has 2 aromatic rings. The molecular weight excluding hydrogens is 381 g/mol. The number of rotatable bonds is 9. The van der Waals surface area contributed by atoms with Crippen molar-refractivity contribution in [1.29, 1.82) is 0 Å². The Balaban J connectivity index is 1.97. The summed E-state index contributed by atoms with van der Waals surface area (Å²) in [7, 11) is 0. The van der Waals surface area contributed by atoms with Crippen LogP contribution in [0.5, 0.6) is 0 Å². The number of halogens is 1. The third-order valence-electron chi connectivity index (χ3n) is 3.79. The monoisotopic (exact) mass is 401 g/mol. The first-order valence-electron chi connectivity index (χ1n) is 8.52. The number of hydrogen-bond acceptors (Lipinski definition) is 5. The first-order chi connectivity index (χ1) is 13.9. The smallest absolute Gasteiger partial charge is 0.305 e. The van der Waals surface area contributed by atoms with Gasteiger partial charge in [-0.2, -0.15) is 0 Å². The van der Waals surface area contributed by atoms with Crippen LogP contribution in [-0.4, -0.2) is 35.8 Å². The van der Waals surface area contributed by atoms with E-state index in [1.54, 1.807) is 18.2 Å². The lowest BCUT2D eigenvalue weighted by atomic mass is 10.0. The standard InChI is InChI=1S/C19H20FN5O4/c20-14-6-4-12(5-7-14)16(9-18(27)28)25-17(26)10-22-19(29)13-2-1-3-15(8-13)23-11-24-21/h1-8,11,16H,9-10,21H2,(H,22,29)(H,23,24)(H,25,26)(H,27,28). The molecule has 0 bridgehead atoms. The van der Waals surface area contributed by atoms with Gasteiger partial charge in [0.1, 0.15) is 12.2 Å². The summed E-state index contributed by atoms with van der Waals surface area (Å²) in [5, 5.41) is 14.0. The molecule has 9 nitrogen and oxygen atoms in total. The lowest BCUT2D eigenvalue weighted by molar-refractivity contribution is -0.137. The molecule has 0 spiro atoms. The minimum Gasteiger partial charge on any atom is -0.481 e. The third kappa shape index (κ3) is 7.03. The molecule has 0 radical (unpaired) electrons. The van der Waals surface area contributed by atoms with E-state index < -0.39 is 29.6 Å². The minimum absolute atomic E-state index is 0.282. The molecule has 0 aliphatic rings. The molecule has 6 N–H and O–H groups in total. The van der Waals surface area contributed by atoms with Gasteiger partial charge >= 0.3 is 5.97 Å². The van der Waals surface area contributed by atoms with Gasteiger partial charge in [-0.25, -0.2) is 15.2 Å². The second-order valence-corrected chi connectivity index (χ2v) is 5.93. The number of nitrogens with one attached hydrogen (secondary N) is 3. The van der Waals surface area contributed by atoms with E-state index in [0.717, 1.165) is 0 Å². The molecule has 2 amide bonds. The van der Waals surface area contributed by atoms with Crippen LogP contribution in [0.1, 0.15) is 28.4 Å². The first kappa shape index (κ1) is 21.5. The van der Waals surface area contributed by atoms with Crippen molar-refractivity contribution in [3.63, 3.8) is 0 Å². The van der Waals surface area contributed by atoms with E-state index in [1.165, 1.54) is 36.7 Å². The SMILES string of the molecule is NNC=Nc1cccc(C(=O)NCC(=O)NC(CC(=O)O)c2ccc(F)cc2)c1. The summed E-state index contributed by atoms with van der Waals surface area (Å²) in [5.74, 6) is 2.40. The van der Waals surface area contributed by atoms with Crippen molar-refractivity contribution in [2.24, 2.45) is 10.8 Å². The van der Waals surface area contributed by atoms with Gasteiger partial charge in [-0.05, 0) is 35.9 Å². The molecule has 10 heteroatoms. The fourth-order valence-corrected chi connectivity index (χ4v) is 2.47. The molecule has 1 atom stereocenters. The van der Waals surface area contributed by atoms with E-state index in [2.05, 4.69) is 21.1 Å². The zero-order valence-corrected chi connectivity index (χ0v) is 15.3. The lowest BCUT2D eigenvalue weighted by Gasteiger charge is -2.17. The maximum Gasteiger partial charge on any atom is 0.305 e. The highest BCUT2D eigenvalue weighted by molar-refractivity contribution is 5.97. The van der Waals surface area contributed by atoms with Crippen LogP contribution in [0, 0.1) is 5.82 Å². The number of carbonyl (C=O) groups excluding carboxylic acids is 2. The average molecular weight is 401 g/mol. The Labute approximate surface area is 165 Å². The summed E-state index contributed by atoms with van der Waals surface area (Å²) in [6.07, 6.45) is 0.864. The third-order valence-corrected chi connectivity index (χ3v) is 3.79. The number of aliphatic carboxylic acids is 1. The van der Waals surface area contributed by atoms with Crippen molar-refractivity contribution in [1.82, 2.24) is 16.1 Å². The fraction of sp³-hybridized carbons (Fsp3) is 0.158. The van der Waals surface area contributed by atoms with Crippen LogP contribution < -0.4 is 21.9 Å². The summed E-state index contributed by atoms with van der Waals surface area (Å²) < 4.78 is 13.1. The quantitative estimate of drug-likeness (QED) is 0.183. The zero-order chi connectivity index (χ0) is 21.2. The number of nitrogens with zero attached hydrogens (tertiary/aromatic N) is 1. The van der Waals surface area contributed by atoms with E-state index in [4.69, 9.17) is 10.9 Å². The van der Waals surface area contributed by atoms with Crippen LogP contribution in [0.15, 0.2) is 53.5 Å². The molecule has 152 valence electrons. The van der Waals surface area contributed by atoms with Gasteiger partial charge in [0.05, 0.1) is 24.7 Å². The van der Waals surface area contributed by atoms with Gasteiger partial charge in [0.15, 0.2) is 0 Å². The van der Waals surface area contributed by atoms with Crippen LogP contribution in [-0.2, 0) is 9.59 Å². The van der Waals surface area contributed by atoms with Crippen molar-refractivity contribution in [3.05, 3.63) is 65.5 Å². The first-order valence-corrected chi connectivity index (χ1v) is 8.52. The molecule has 0 aliphatic carbocycles. The van der Waals surface area contributed by atoms with Crippen LogP contribution in [0.25, 0.3) is 0 Å². The summed E-state index contributed by atoms with van der Waals surface area (Å²) in [4.78, 5) is 39.4. The van der Waals surface area contributed by atoms with Crippen molar-refractivity contribution < 1.29 is 23.9 Å². The van der Waals surface area contributed by atoms with E-state index >= 15 is 0 Å². The highest BCUT2D eigenvalue weighted by atomic mass is 19.1. The molecular formula is C19H20FN5O4. The number of hydrogen-bond donors (Lipinski definition) is 5. The van der Waals surface area contributed by atoms with E-state index in [0.29, 0.717) is 11.3 Å². The number of nitrogens with two attached hydrogens (primary N) is 1. The molecule has 0 fully saturated rings. The molecule has 0 aliphatic heterocycles. The Hall–Kier alpha value is -3.79. The zero-order valence-electron chi connectivity index (χ0n) is 15.3. The number of carboxylic acids is 1. The van der Waals surface area contributed by atoms with Gasteiger partial charge in [-0.15, -0.1) is 0 Å². The highest BCUT2D eigenvalue weighted by Crippen LogP contribution is 2.17. The van der Waals surface area contributed by atoms with E-state index in [1.807, 2.05) is 0 Å². The largest absolute Gasteiger partial charge is 0.481 e. The summed E-state index contributed by atoms with van der Waals surface area (Å²) >= 11 is 0. The Morgan fingerprint density at radius 3 is 2.55 bits per heavy atom. The van der Waals surface area contributed by atoms with Crippen molar-refractivity contribution in [2.45, 2.75) is 12.5 Å². The van der Waals surface area contributed by atoms with E-state index in [9.17, 15) is 18.8 Å². The van der Waals surface area contributed by atoms with Crippen LogP contribution in [0.4, 0.5) is 10.1 Å². The van der Waals surface area contributed by atoms with Gasteiger partial charge in [-0.1, -0.05) is 18.2 Å². The molecule has 2 rings (SSSR count). The molecule has 29 heavy (non-hydrogen) atoms. The van der Waals surface area contributed by atoms with Crippen LogP contribution in [0.2, 0.25) is 0 Å². The second-order valence-electron chi connectivity index (χ2n) is 5.93. The Bertz CT molecular complexity index is 902. The maximum atomic E-state index is 13.1. The Morgan fingerprint density at radius 1 is 1.17 bits per heavy atom. The molecule has 0 saturated carbocycles. The topological polar surface area (TPSA) is 146 Å². The van der Waals surface area contributed by atoms with Gasteiger partial charge in [-0.3, -0.25) is 14.4 Å². The Kier molecular flexibility index (Phi) is 7.80. The maximum absolute atomic E-state index is 13.1. The summed E-state index contributed by atoms with van der Waals surface area (Å²) in [5.41, 5.74) is 3.45. The number of carboxylic acid groups (broad SMARTS) is 1. The van der Waals surface area contributed by atoms with Crippen molar-refractivity contribution in [2.75, 3.05) is 6.54 Å². The average Bonchev–Trinajstić information content (AvgIpc) is 2.70. The van der Waals surface area contributed by atoms with Gasteiger partial charge in [0.2, 0.25) is 5.91 Å².